The number of furan rings is 1. The van der Waals surface area contributed by atoms with E-state index in [9.17, 15) is 17.6 Å². The summed E-state index contributed by atoms with van der Waals surface area (Å²) < 4.78 is 52.4. The zero-order chi connectivity index (χ0) is 29.8. The van der Waals surface area contributed by atoms with Crippen LogP contribution in [-0.4, -0.2) is 44.6 Å². The van der Waals surface area contributed by atoms with Crippen LogP contribution in [0.1, 0.15) is 15.9 Å². The molecule has 0 unspecified atom stereocenters. The maximum atomic E-state index is 13.7. The Bertz CT molecular complexity index is 2080. The number of carbonyl (C=O) groups excluding carboxylic acids is 1. The number of anilines is 1. The minimum absolute atomic E-state index is 0.234. The number of pyridine rings is 1. The van der Waals surface area contributed by atoms with Crippen molar-refractivity contribution in [3.05, 3.63) is 89.9 Å². The zero-order valence-corrected chi connectivity index (χ0v) is 23.9. The van der Waals surface area contributed by atoms with Crippen molar-refractivity contribution in [3.8, 4) is 33.9 Å². The summed E-state index contributed by atoms with van der Waals surface area (Å²) in [6.45, 7) is 1.92. The second-order valence-electron chi connectivity index (χ2n) is 9.86. The van der Waals surface area contributed by atoms with E-state index in [1.165, 1.54) is 38.4 Å². The number of hydrogen-bond donors (Lipinski definition) is 1. The van der Waals surface area contributed by atoms with Crippen molar-refractivity contribution in [2.45, 2.75) is 6.92 Å². The Morgan fingerprint density at radius 3 is 2.38 bits per heavy atom. The van der Waals surface area contributed by atoms with E-state index in [-0.39, 0.29) is 11.3 Å². The van der Waals surface area contributed by atoms with Gasteiger partial charge in [0.2, 0.25) is 15.9 Å². The lowest BCUT2D eigenvalue weighted by molar-refractivity contribution is 0.0964. The summed E-state index contributed by atoms with van der Waals surface area (Å²) in [6, 6.07) is 18.1. The van der Waals surface area contributed by atoms with Gasteiger partial charge in [-0.3, -0.25) is 9.10 Å². The quantitative estimate of drug-likeness (QED) is 0.249. The highest BCUT2D eigenvalue weighted by Crippen LogP contribution is 2.42. The van der Waals surface area contributed by atoms with Crippen LogP contribution in [0.5, 0.6) is 0 Å². The summed E-state index contributed by atoms with van der Waals surface area (Å²) in [5, 5.41) is 3.11. The van der Waals surface area contributed by atoms with Crippen LogP contribution in [0.4, 0.5) is 10.1 Å². The Morgan fingerprint density at radius 2 is 1.69 bits per heavy atom. The van der Waals surface area contributed by atoms with Gasteiger partial charge in [-0.25, -0.2) is 17.8 Å². The third-order valence-electron chi connectivity index (χ3n) is 7.15. The third-order valence-corrected chi connectivity index (χ3v) is 8.34. The minimum Gasteiger partial charge on any atom is -0.455 e. The van der Waals surface area contributed by atoms with Gasteiger partial charge in [0.15, 0.2) is 11.2 Å². The summed E-state index contributed by atoms with van der Waals surface area (Å²) in [7, 11) is -0.739. The van der Waals surface area contributed by atoms with Crippen molar-refractivity contribution in [1.82, 2.24) is 15.3 Å². The molecule has 0 spiro atoms. The van der Waals surface area contributed by atoms with Crippen LogP contribution in [-0.2, 0) is 10.0 Å². The van der Waals surface area contributed by atoms with Gasteiger partial charge >= 0.3 is 0 Å². The van der Waals surface area contributed by atoms with Crippen LogP contribution in [0.2, 0.25) is 0 Å². The van der Waals surface area contributed by atoms with E-state index in [2.05, 4.69) is 15.3 Å². The zero-order valence-electron chi connectivity index (χ0n) is 23.1. The fourth-order valence-corrected chi connectivity index (χ4v) is 5.37. The number of aryl methyl sites for hydroxylation is 1. The highest BCUT2D eigenvalue weighted by Gasteiger charge is 2.26. The van der Waals surface area contributed by atoms with Crippen molar-refractivity contribution in [2.75, 3.05) is 24.7 Å². The topological polar surface area (TPSA) is 119 Å². The fraction of sp³-hybridized carbons (Fsp3) is 0.129. The number of amides is 1. The molecular weight excluding hydrogens is 559 g/mol. The molecule has 0 atom stereocenters. The molecule has 0 saturated carbocycles. The molecule has 0 bridgehead atoms. The molecule has 6 aromatic rings. The maximum absolute atomic E-state index is 13.7. The second kappa shape index (κ2) is 10.1. The molecule has 0 fully saturated rings. The number of oxazole rings is 1. The van der Waals surface area contributed by atoms with Gasteiger partial charge in [-0.2, -0.15) is 4.98 Å². The highest BCUT2D eigenvalue weighted by molar-refractivity contribution is 7.92. The average molecular weight is 585 g/mol. The monoisotopic (exact) mass is 584 g/mol. The number of carbonyl (C=O) groups is 1. The third kappa shape index (κ3) is 4.67. The molecule has 1 amide bonds. The molecule has 42 heavy (non-hydrogen) atoms. The molecule has 0 aliphatic carbocycles. The SMILES string of the molecule is CNC(=O)c1c(-c2ccc(F)cc2)oc2cc(N(C)S(C)(=O)=O)c(-c3ccc(C)c(-c4nc5ncccc5o4)c3)cc12. The molecule has 3 aromatic carbocycles. The number of hydrogen-bond acceptors (Lipinski definition) is 7. The van der Waals surface area contributed by atoms with Crippen molar-refractivity contribution < 1.29 is 26.4 Å². The van der Waals surface area contributed by atoms with Gasteiger partial charge < -0.3 is 14.2 Å². The summed E-state index contributed by atoms with van der Waals surface area (Å²) in [6.07, 6.45) is 2.74. The average Bonchev–Trinajstić information content (AvgIpc) is 3.57. The summed E-state index contributed by atoms with van der Waals surface area (Å²) in [5.41, 5.74) is 5.15. The van der Waals surface area contributed by atoms with Gasteiger partial charge in [0.1, 0.15) is 17.2 Å². The van der Waals surface area contributed by atoms with Crippen molar-refractivity contribution in [3.63, 3.8) is 0 Å². The van der Waals surface area contributed by atoms with Gasteiger partial charge in [0.25, 0.3) is 5.91 Å². The van der Waals surface area contributed by atoms with Crippen LogP contribution in [0.15, 0.2) is 81.8 Å². The Balaban J connectivity index is 1.63. The van der Waals surface area contributed by atoms with Crippen LogP contribution < -0.4 is 9.62 Å². The molecule has 6 rings (SSSR count). The number of sulfonamides is 1. The van der Waals surface area contributed by atoms with Gasteiger partial charge in [-0.05, 0) is 66.6 Å². The van der Waals surface area contributed by atoms with E-state index in [1.807, 2.05) is 25.1 Å². The first-order valence-electron chi connectivity index (χ1n) is 12.9. The molecule has 3 heterocycles. The smallest absolute Gasteiger partial charge is 0.255 e. The van der Waals surface area contributed by atoms with Gasteiger partial charge in [0.05, 0.1) is 17.5 Å². The Kier molecular flexibility index (Phi) is 6.53. The summed E-state index contributed by atoms with van der Waals surface area (Å²) in [5.74, 6) is -0.236. The van der Waals surface area contributed by atoms with Gasteiger partial charge in [0, 0.05) is 48.4 Å². The number of rotatable bonds is 6. The van der Waals surface area contributed by atoms with Crippen LogP contribution >= 0.6 is 0 Å². The van der Waals surface area contributed by atoms with Crippen LogP contribution in [0, 0.1) is 12.7 Å². The van der Waals surface area contributed by atoms with E-state index < -0.39 is 21.7 Å². The van der Waals surface area contributed by atoms with Crippen molar-refractivity contribution >= 4 is 43.8 Å². The number of nitrogens with zero attached hydrogens (tertiary/aromatic N) is 3. The normalized spacial score (nSPS) is 11.7. The molecule has 212 valence electrons. The summed E-state index contributed by atoms with van der Waals surface area (Å²) in [4.78, 5) is 22.0. The molecule has 0 aliphatic rings. The number of halogens is 1. The Hall–Kier alpha value is -5.03. The van der Waals surface area contributed by atoms with E-state index in [1.54, 1.807) is 30.5 Å². The molecule has 0 radical (unpaired) electrons. The van der Waals surface area contributed by atoms with Crippen molar-refractivity contribution in [1.29, 1.82) is 0 Å². The lowest BCUT2D eigenvalue weighted by Gasteiger charge is -2.21. The molecule has 3 aromatic heterocycles. The number of fused-ring (bicyclic) bond motifs is 2. The highest BCUT2D eigenvalue weighted by atomic mass is 32.2. The minimum atomic E-state index is -3.69. The van der Waals surface area contributed by atoms with Crippen molar-refractivity contribution in [2.24, 2.45) is 0 Å². The lowest BCUT2D eigenvalue weighted by atomic mass is 9.95. The maximum Gasteiger partial charge on any atom is 0.255 e. The fourth-order valence-electron chi connectivity index (χ4n) is 4.86. The molecule has 9 nitrogen and oxygen atoms in total. The molecule has 0 saturated heterocycles. The predicted octanol–water partition coefficient (Wildman–Crippen LogP) is 6.17. The Morgan fingerprint density at radius 1 is 0.952 bits per heavy atom. The molecule has 0 aliphatic heterocycles. The summed E-state index contributed by atoms with van der Waals surface area (Å²) >= 11 is 0. The van der Waals surface area contributed by atoms with Gasteiger partial charge in [-0.15, -0.1) is 0 Å². The predicted molar refractivity (Wildman–Crippen MR) is 159 cm³/mol. The van der Waals surface area contributed by atoms with E-state index in [4.69, 9.17) is 8.83 Å². The lowest BCUT2D eigenvalue weighted by Crippen LogP contribution is -2.25. The van der Waals surface area contributed by atoms with Crippen LogP contribution in [0.25, 0.3) is 56.1 Å². The van der Waals surface area contributed by atoms with Gasteiger partial charge in [-0.1, -0.05) is 12.1 Å². The van der Waals surface area contributed by atoms with Crippen LogP contribution in [0.3, 0.4) is 0 Å². The Labute approximate surface area is 240 Å². The largest absolute Gasteiger partial charge is 0.455 e. The number of nitrogens with one attached hydrogen (secondary N) is 1. The first kappa shape index (κ1) is 27.2. The number of aromatic nitrogens is 2. The van der Waals surface area contributed by atoms with E-state index in [0.29, 0.717) is 56.0 Å². The standard InChI is InChI=1S/C31H25FN4O5S/c1-17-7-8-19(14-21(17)31-35-29-25(41-31)6-5-13-34-29)22-15-23-26(16-24(22)36(3)42(4,38)39)40-28(27(23)30(37)33-2)18-9-11-20(32)12-10-18/h5-16H,1-4H3,(H,33,37). The molecule has 11 heteroatoms. The van der Waals surface area contributed by atoms with E-state index >= 15 is 0 Å². The molecule has 1 N–H and O–H groups in total. The second-order valence-corrected chi connectivity index (χ2v) is 11.9. The van der Waals surface area contributed by atoms with E-state index in [0.717, 1.165) is 16.1 Å². The molecular formula is C31H25FN4O5S. The number of benzene rings is 3. The first-order chi connectivity index (χ1) is 20.0. The first-order valence-corrected chi connectivity index (χ1v) is 14.8.